The number of amides is 1. The van der Waals surface area contributed by atoms with E-state index in [9.17, 15) is 14.9 Å². The number of hydrogen-bond acceptors (Lipinski definition) is 6. The molecule has 0 saturated carbocycles. The van der Waals surface area contributed by atoms with Gasteiger partial charge in [0.2, 0.25) is 5.91 Å². The Labute approximate surface area is 121 Å². The van der Waals surface area contributed by atoms with Gasteiger partial charge in [-0.1, -0.05) is 0 Å². The molecule has 0 aliphatic carbocycles. The van der Waals surface area contributed by atoms with Crippen LogP contribution in [0.5, 0.6) is 0 Å². The molecule has 0 heterocycles. The third kappa shape index (κ3) is 4.43. The molecule has 0 saturated heterocycles. The van der Waals surface area contributed by atoms with Gasteiger partial charge in [0.15, 0.2) is 0 Å². The van der Waals surface area contributed by atoms with Crippen molar-refractivity contribution in [2.45, 2.75) is 6.42 Å². The van der Waals surface area contributed by atoms with Crippen LogP contribution in [0.15, 0.2) is 18.2 Å². The van der Waals surface area contributed by atoms with Gasteiger partial charge < -0.3 is 15.4 Å². The van der Waals surface area contributed by atoms with E-state index in [0.717, 1.165) is 0 Å². The second-order valence-electron chi connectivity index (χ2n) is 4.21. The molecule has 8 nitrogen and oxygen atoms in total. The van der Waals surface area contributed by atoms with Crippen molar-refractivity contribution in [3.8, 4) is 6.07 Å². The molecule has 1 rings (SSSR count). The molecule has 1 aromatic carbocycles. The highest BCUT2D eigenvalue weighted by atomic mass is 16.6. The molecule has 0 aliphatic rings. The van der Waals surface area contributed by atoms with E-state index < -0.39 is 10.8 Å². The number of hydrogen-bond donors (Lipinski definition) is 1. The van der Waals surface area contributed by atoms with Gasteiger partial charge in [-0.05, 0) is 12.1 Å². The fourth-order valence-electron chi connectivity index (χ4n) is 1.82. The number of nitrogens with zero attached hydrogens (tertiary/aromatic N) is 3. The maximum absolute atomic E-state index is 11.2. The summed E-state index contributed by atoms with van der Waals surface area (Å²) in [5.74, 6) is -0.668. The molecule has 0 bridgehead atoms. The smallest absolute Gasteiger partial charge is 0.292 e. The van der Waals surface area contributed by atoms with Gasteiger partial charge in [0.05, 0.1) is 24.0 Å². The number of rotatable bonds is 8. The highest BCUT2D eigenvalue weighted by molar-refractivity contribution is 5.94. The summed E-state index contributed by atoms with van der Waals surface area (Å²) >= 11 is 0. The first-order valence-corrected chi connectivity index (χ1v) is 6.20. The zero-order chi connectivity index (χ0) is 15.8. The lowest BCUT2D eigenvalue weighted by Gasteiger charge is -2.23. The third-order valence-electron chi connectivity index (χ3n) is 2.86. The van der Waals surface area contributed by atoms with Gasteiger partial charge in [-0.3, -0.25) is 14.9 Å². The normalized spacial score (nSPS) is 9.90. The van der Waals surface area contributed by atoms with E-state index in [1.807, 2.05) is 6.07 Å². The second-order valence-corrected chi connectivity index (χ2v) is 4.21. The third-order valence-corrected chi connectivity index (χ3v) is 2.86. The van der Waals surface area contributed by atoms with Crippen molar-refractivity contribution in [3.05, 3.63) is 33.9 Å². The summed E-state index contributed by atoms with van der Waals surface area (Å²) in [4.78, 5) is 23.5. The maximum Gasteiger partial charge on any atom is 0.292 e. The van der Waals surface area contributed by atoms with Crippen LogP contribution in [0, 0.1) is 21.4 Å². The monoisotopic (exact) mass is 292 g/mol. The summed E-state index contributed by atoms with van der Waals surface area (Å²) < 4.78 is 4.97. The van der Waals surface area contributed by atoms with Crippen LogP contribution in [0.1, 0.15) is 16.8 Å². The Kier molecular flexibility index (Phi) is 6.10. The van der Waals surface area contributed by atoms with Gasteiger partial charge in [-0.15, -0.1) is 0 Å². The number of carbonyl (C=O) groups excluding carboxylic acids is 1. The molecule has 0 unspecified atom stereocenters. The number of carbonyl (C=O) groups is 1. The lowest BCUT2D eigenvalue weighted by Crippen LogP contribution is -2.29. The number of nitriles is 1. The van der Waals surface area contributed by atoms with Gasteiger partial charge >= 0.3 is 0 Å². The molecule has 8 heteroatoms. The number of nitrogens with two attached hydrogens (primary N) is 1. The topological polar surface area (TPSA) is 122 Å². The Hall–Kier alpha value is -2.66. The molecular formula is C13H16N4O4. The molecule has 0 spiro atoms. The van der Waals surface area contributed by atoms with Crippen LogP contribution in [0.4, 0.5) is 11.4 Å². The summed E-state index contributed by atoms with van der Waals surface area (Å²) in [5, 5.41) is 19.8. The Bertz CT molecular complexity index is 568. The zero-order valence-electron chi connectivity index (χ0n) is 11.6. The fraction of sp³-hybridized carbons (Fsp3) is 0.385. The van der Waals surface area contributed by atoms with Crippen molar-refractivity contribution in [2.24, 2.45) is 5.73 Å². The van der Waals surface area contributed by atoms with Crippen LogP contribution >= 0.6 is 0 Å². The molecule has 0 aromatic heterocycles. The first-order chi connectivity index (χ1) is 10.0. The van der Waals surface area contributed by atoms with Crippen LogP contribution in [-0.2, 0) is 4.74 Å². The quantitative estimate of drug-likeness (QED) is 0.564. The number of primary amides is 1. The number of ether oxygens (including phenoxy) is 1. The van der Waals surface area contributed by atoms with Gasteiger partial charge in [0.25, 0.3) is 5.69 Å². The first kappa shape index (κ1) is 16.4. The molecule has 0 radical (unpaired) electrons. The molecule has 0 fully saturated rings. The average Bonchev–Trinajstić information content (AvgIpc) is 2.46. The lowest BCUT2D eigenvalue weighted by molar-refractivity contribution is -0.384. The summed E-state index contributed by atoms with van der Waals surface area (Å²) in [5.41, 5.74) is 5.49. The molecule has 0 aliphatic heterocycles. The molecule has 0 atom stereocenters. The van der Waals surface area contributed by atoms with Crippen LogP contribution in [-0.4, -0.2) is 37.6 Å². The zero-order valence-corrected chi connectivity index (χ0v) is 11.6. The Balaban J connectivity index is 3.23. The van der Waals surface area contributed by atoms with Crippen molar-refractivity contribution in [1.29, 1.82) is 5.26 Å². The Morgan fingerprint density at radius 1 is 1.52 bits per heavy atom. The van der Waals surface area contributed by atoms with E-state index in [1.165, 1.54) is 25.3 Å². The standard InChI is InChI=1S/C13H16N4O4/c1-21-8-7-16(6-2-5-14)12-9-10(13(15)18)3-4-11(12)17(19)20/h3-4,9H,2,6-8H2,1H3,(H2,15,18). The summed E-state index contributed by atoms with van der Waals surface area (Å²) in [7, 11) is 1.51. The predicted octanol–water partition coefficient (Wildman–Crippen LogP) is 1.06. The van der Waals surface area contributed by atoms with Crippen LogP contribution in [0.25, 0.3) is 0 Å². The van der Waals surface area contributed by atoms with Crippen LogP contribution in [0.2, 0.25) is 0 Å². The van der Waals surface area contributed by atoms with Crippen molar-refractivity contribution in [2.75, 3.05) is 31.7 Å². The van der Waals surface area contributed by atoms with Crippen LogP contribution < -0.4 is 10.6 Å². The van der Waals surface area contributed by atoms with E-state index in [-0.39, 0.29) is 23.4 Å². The highest BCUT2D eigenvalue weighted by Crippen LogP contribution is 2.29. The fourth-order valence-corrected chi connectivity index (χ4v) is 1.82. The largest absolute Gasteiger partial charge is 0.383 e. The number of methoxy groups -OCH3 is 1. The second kappa shape index (κ2) is 7.81. The van der Waals surface area contributed by atoms with Gasteiger partial charge in [0.1, 0.15) is 5.69 Å². The molecule has 1 amide bonds. The molecule has 21 heavy (non-hydrogen) atoms. The van der Waals surface area contributed by atoms with E-state index in [2.05, 4.69) is 0 Å². The summed E-state index contributed by atoms with van der Waals surface area (Å²) in [6.45, 7) is 0.994. The minimum absolute atomic E-state index is 0.144. The minimum Gasteiger partial charge on any atom is -0.383 e. The SMILES string of the molecule is COCCN(CCC#N)c1cc(C(N)=O)ccc1[N+](=O)[O-]. The Morgan fingerprint density at radius 2 is 2.24 bits per heavy atom. The first-order valence-electron chi connectivity index (χ1n) is 6.20. The van der Waals surface area contributed by atoms with E-state index in [0.29, 0.717) is 19.7 Å². The number of anilines is 1. The number of nitro groups is 1. The molecule has 112 valence electrons. The lowest BCUT2D eigenvalue weighted by atomic mass is 10.1. The van der Waals surface area contributed by atoms with Gasteiger partial charge in [-0.25, -0.2) is 0 Å². The van der Waals surface area contributed by atoms with Gasteiger partial charge in [0, 0.05) is 31.8 Å². The summed E-state index contributed by atoms with van der Waals surface area (Å²) in [6.07, 6.45) is 0.196. The van der Waals surface area contributed by atoms with Crippen molar-refractivity contribution < 1.29 is 14.5 Å². The maximum atomic E-state index is 11.2. The van der Waals surface area contributed by atoms with Crippen LogP contribution in [0.3, 0.4) is 0 Å². The van der Waals surface area contributed by atoms with Gasteiger partial charge in [-0.2, -0.15) is 5.26 Å². The van der Waals surface area contributed by atoms with Crippen molar-refractivity contribution >= 4 is 17.3 Å². The number of nitro benzene ring substituents is 1. The highest BCUT2D eigenvalue weighted by Gasteiger charge is 2.21. The number of benzene rings is 1. The predicted molar refractivity (Wildman–Crippen MR) is 75.9 cm³/mol. The Morgan fingerprint density at radius 3 is 2.76 bits per heavy atom. The van der Waals surface area contributed by atoms with E-state index in [4.69, 9.17) is 15.7 Å². The molecular weight excluding hydrogens is 276 g/mol. The van der Waals surface area contributed by atoms with E-state index in [1.54, 1.807) is 4.90 Å². The van der Waals surface area contributed by atoms with Crippen molar-refractivity contribution in [3.63, 3.8) is 0 Å². The molecule has 2 N–H and O–H groups in total. The average molecular weight is 292 g/mol. The van der Waals surface area contributed by atoms with E-state index >= 15 is 0 Å². The summed E-state index contributed by atoms with van der Waals surface area (Å²) in [6, 6.07) is 5.90. The molecule has 1 aromatic rings. The van der Waals surface area contributed by atoms with Crippen molar-refractivity contribution in [1.82, 2.24) is 0 Å². The minimum atomic E-state index is -0.668.